The lowest BCUT2D eigenvalue weighted by molar-refractivity contribution is -0.128. The topological polar surface area (TPSA) is 82.5 Å². The van der Waals surface area contributed by atoms with Crippen LogP contribution in [0.25, 0.3) is 0 Å². The van der Waals surface area contributed by atoms with Crippen molar-refractivity contribution in [2.45, 2.75) is 13.3 Å². The Kier molecular flexibility index (Phi) is 3.42. The van der Waals surface area contributed by atoms with E-state index in [1.165, 1.54) is 12.3 Å². The molecule has 1 unspecified atom stereocenters. The van der Waals surface area contributed by atoms with Crippen molar-refractivity contribution < 1.29 is 14.7 Å². The summed E-state index contributed by atoms with van der Waals surface area (Å²) in [6.07, 6.45) is 3.70. The molecular formula is C13H17N3O3. The first kappa shape index (κ1) is 13.3. The van der Waals surface area contributed by atoms with Crippen LogP contribution in [0.1, 0.15) is 23.7 Å². The maximum absolute atomic E-state index is 11.9. The fraction of sp³-hybridized carbons (Fsp3) is 0.462. The lowest BCUT2D eigenvalue weighted by atomic mass is 9.89. The van der Waals surface area contributed by atoms with Gasteiger partial charge in [0, 0.05) is 26.3 Å². The molecule has 1 saturated heterocycles. The lowest BCUT2D eigenvalue weighted by Crippen LogP contribution is -2.39. The smallest absolute Gasteiger partial charge is 0.337 e. The van der Waals surface area contributed by atoms with Gasteiger partial charge in [-0.25, -0.2) is 4.79 Å². The van der Waals surface area contributed by atoms with Crippen LogP contribution in [-0.2, 0) is 4.79 Å². The Hall–Kier alpha value is -2.11. The summed E-state index contributed by atoms with van der Waals surface area (Å²) in [5.74, 6) is -0.998. The van der Waals surface area contributed by atoms with E-state index < -0.39 is 11.4 Å². The van der Waals surface area contributed by atoms with Gasteiger partial charge in [0.25, 0.3) is 0 Å². The van der Waals surface area contributed by atoms with Gasteiger partial charge >= 0.3 is 5.97 Å². The van der Waals surface area contributed by atoms with Crippen LogP contribution in [0.15, 0.2) is 18.5 Å². The Morgan fingerprint density at radius 3 is 2.89 bits per heavy atom. The van der Waals surface area contributed by atoms with Crippen LogP contribution in [0.2, 0.25) is 0 Å². The van der Waals surface area contributed by atoms with Gasteiger partial charge in [0.1, 0.15) is 0 Å². The summed E-state index contributed by atoms with van der Waals surface area (Å²) in [6, 6.07) is 1.48. The zero-order valence-electron chi connectivity index (χ0n) is 11.0. The minimum atomic E-state index is -0.981. The molecule has 1 atom stereocenters. The summed E-state index contributed by atoms with van der Waals surface area (Å²) in [5, 5.41) is 11.8. The number of hydrogen-bond donors (Lipinski definition) is 2. The zero-order chi connectivity index (χ0) is 14.0. The number of carbonyl (C=O) groups is 2. The van der Waals surface area contributed by atoms with E-state index in [-0.39, 0.29) is 11.5 Å². The van der Waals surface area contributed by atoms with Crippen molar-refractivity contribution in [1.29, 1.82) is 0 Å². The van der Waals surface area contributed by atoms with Crippen LogP contribution in [-0.4, -0.2) is 42.1 Å². The number of aromatic nitrogens is 1. The van der Waals surface area contributed by atoms with Crippen molar-refractivity contribution in [3.05, 3.63) is 24.0 Å². The van der Waals surface area contributed by atoms with Crippen molar-refractivity contribution in [2.24, 2.45) is 5.41 Å². The molecule has 0 aliphatic carbocycles. The van der Waals surface area contributed by atoms with Crippen LogP contribution in [0, 0.1) is 5.41 Å². The Labute approximate surface area is 111 Å². The number of nitrogens with zero attached hydrogens (tertiary/aromatic N) is 2. The molecule has 2 heterocycles. The maximum Gasteiger partial charge on any atom is 0.337 e. The number of amides is 1. The summed E-state index contributed by atoms with van der Waals surface area (Å²) in [6.45, 7) is 3.04. The Bertz CT molecular complexity index is 518. The summed E-state index contributed by atoms with van der Waals surface area (Å²) in [5.41, 5.74) is 0.305. The van der Waals surface area contributed by atoms with E-state index in [2.05, 4.69) is 10.3 Å². The van der Waals surface area contributed by atoms with Gasteiger partial charge in [-0.2, -0.15) is 0 Å². The molecule has 1 aromatic heterocycles. The van der Waals surface area contributed by atoms with Crippen molar-refractivity contribution in [2.75, 3.05) is 25.0 Å². The number of hydrogen-bond acceptors (Lipinski definition) is 4. The van der Waals surface area contributed by atoms with Gasteiger partial charge in [0.2, 0.25) is 5.91 Å². The van der Waals surface area contributed by atoms with Gasteiger partial charge in [0.05, 0.1) is 22.9 Å². The first-order valence-corrected chi connectivity index (χ1v) is 6.12. The third-order valence-electron chi connectivity index (χ3n) is 3.62. The number of rotatable bonds is 3. The Morgan fingerprint density at radius 1 is 1.53 bits per heavy atom. The second kappa shape index (κ2) is 4.87. The van der Waals surface area contributed by atoms with E-state index in [0.717, 1.165) is 0 Å². The molecule has 0 aromatic carbocycles. The standard InChI is InChI=1S/C13H17N3O3/c1-13(12(19)14-2)4-6-16(8-13)10-7-15-5-3-9(10)11(17)18/h3,5,7H,4,6,8H2,1-2H3,(H,14,19)(H,17,18). The molecule has 0 bridgehead atoms. The number of aromatic carboxylic acids is 1. The molecule has 2 N–H and O–H groups in total. The molecule has 6 nitrogen and oxygen atoms in total. The fourth-order valence-corrected chi connectivity index (χ4v) is 2.47. The van der Waals surface area contributed by atoms with Crippen molar-refractivity contribution in [1.82, 2.24) is 10.3 Å². The molecule has 1 amide bonds. The van der Waals surface area contributed by atoms with Crippen LogP contribution < -0.4 is 10.2 Å². The number of carboxylic acids is 1. The molecule has 0 spiro atoms. The second-order valence-electron chi connectivity index (χ2n) is 5.01. The highest BCUT2D eigenvalue weighted by molar-refractivity contribution is 5.94. The van der Waals surface area contributed by atoms with Gasteiger partial charge in [-0.05, 0) is 19.4 Å². The first-order valence-electron chi connectivity index (χ1n) is 6.12. The molecule has 1 aliphatic heterocycles. The third kappa shape index (κ3) is 2.38. The van der Waals surface area contributed by atoms with Crippen LogP contribution in [0.5, 0.6) is 0 Å². The van der Waals surface area contributed by atoms with Crippen molar-refractivity contribution in [3.63, 3.8) is 0 Å². The number of pyridine rings is 1. The summed E-state index contributed by atoms with van der Waals surface area (Å²) in [4.78, 5) is 28.9. The normalized spacial score (nSPS) is 22.3. The summed E-state index contributed by atoms with van der Waals surface area (Å²) < 4.78 is 0. The number of carbonyl (C=O) groups excluding carboxylic acids is 1. The first-order chi connectivity index (χ1) is 8.98. The molecule has 2 rings (SSSR count). The average Bonchev–Trinajstić information content (AvgIpc) is 2.81. The highest BCUT2D eigenvalue weighted by Crippen LogP contribution is 2.34. The van der Waals surface area contributed by atoms with Gasteiger partial charge in [0.15, 0.2) is 0 Å². The van der Waals surface area contributed by atoms with Gasteiger partial charge in [-0.3, -0.25) is 9.78 Å². The summed E-state index contributed by atoms with van der Waals surface area (Å²) >= 11 is 0. The molecule has 102 valence electrons. The number of carboxylic acid groups (broad SMARTS) is 1. The highest BCUT2D eigenvalue weighted by Gasteiger charge is 2.40. The van der Waals surface area contributed by atoms with E-state index in [1.807, 2.05) is 11.8 Å². The molecular weight excluding hydrogens is 246 g/mol. The lowest BCUT2D eigenvalue weighted by Gasteiger charge is -2.24. The quantitative estimate of drug-likeness (QED) is 0.840. The summed E-state index contributed by atoms with van der Waals surface area (Å²) in [7, 11) is 1.61. The SMILES string of the molecule is CNC(=O)C1(C)CCN(c2cnccc2C(=O)O)C1. The molecule has 1 aromatic rings. The second-order valence-corrected chi connectivity index (χ2v) is 5.01. The zero-order valence-corrected chi connectivity index (χ0v) is 11.0. The minimum Gasteiger partial charge on any atom is -0.478 e. The molecule has 6 heteroatoms. The fourth-order valence-electron chi connectivity index (χ4n) is 2.47. The molecule has 0 saturated carbocycles. The Morgan fingerprint density at radius 2 is 2.26 bits per heavy atom. The van der Waals surface area contributed by atoms with E-state index in [0.29, 0.717) is 25.2 Å². The monoisotopic (exact) mass is 263 g/mol. The predicted molar refractivity (Wildman–Crippen MR) is 70.2 cm³/mol. The average molecular weight is 263 g/mol. The van der Waals surface area contributed by atoms with E-state index in [1.54, 1.807) is 13.2 Å². The molecule has 19 heavy (non-hydrogen) atoms. The third-order valence-corrected chi connectivity index (χ3v) is 3.62. The van der Waals surface area contributed by atoms with E-state index >= 15 is 0 Å². The molecule has 1 aliphatic rings. The van der Waals surface area contributed by atoms with E-state index in [4.69, 9.17) is 0 Å². The maximum atomic E-state index is 11.9. The predicted octanol–water partition coefficient (Wildman–Crippen LogP) is 0.742. The van der Waals surface area contributed by atoms with Gasteiger partial charge in [-0.1, -0.05) is 0 Å². The molecule has 0 radical (unpaired) electrons. The molecule has 1 fully saturated rings. The van der Waals surface area contributed by atoms with Crippen LogP contribution in [0.4, 0.5) is 5.69 Å². The Balaban J connectivity index is 2.27. The van der Waals surface area contributed by atoms with Gasteiger partial charge in [-0.15, -0.1) is 0 Å². The van der Waals surface area contributed by atoms with Crippen LogP contribution >= 0.6 is 0 Å². The van der Waals surface area contributed by atoms with Crippen molar-refractivity contribution >= 4 is 17.6 Å². The van der Waals surface area contributed by atoms with E-state index in [9.17, 15) is 14.7 Å². The number of anilines is 1. The highest BCUT2D eigenvalue weighted by atomic mass is 16.4. The van der Waals surface area contributed by atoms with Crippen LogP contribution in [0.3, 0.4) is 0 Å². The largest absolute Gasteiger partial charge is 0.478 e. The number of nitrogens with one attached hydrogen (secondary N) is 1. The van der Waals surface area contributed by atoms with Crippen molar-refractivity contribution in [3.8, 4) is 0 Å². The van der Waals surface area contributed by atoms with Gasteiger partial charge < -0.3 is 15.3 Å². The minimum absolute atomic E-state index is 0.0178.